The number of carbonyl (C=O) groups excluding carboxylic acids is 2. The third kappa shape index (κ3) is 7.72. The number of thiazole rings is 1. The number of hydrogen-bond donors (Lipinski definition) is 1. The molecule has 1 aromatic heterocycles. The number of piperidine rings is 1. The van der Waals surface area contributed by atoms with Crippen molar-refractivity contribution in [2.75, 3.05) is 34.3 Å². The van der Waals surface area contributed by atoms with E-state index in [2.05, 4.69) is 15.2 Å². The van der Waals surface area contributed by atoms with E-state index in [9.17, 15) is 26.8 Å². The Morgan fingerprint density at radius 2 is 1.71 bits per heavy atom. The van der Waals surface area contributed by atoms with E-state index < -0.39 is 44.6 Å². The zero-order valence-corrected chi connectivity index (χ0v) is 29.7. The van der Waals surface area contributed by atoms with Gasteiger partial charge in [-0.3, -0.25) is 9.59 Å². The van der Waals surface area contributed by atoms with Crippen LogP contribution in [0.5, 0.6) is 5.75 Å². The summed E-state index contributed by atoms with van der Waals surface area (Å²) in [5, 5.41) is 5.19. The standard InChI is InChI=1S/C34H42F2N4O6S2/c1-33(2,3)46-31(41)18-34(16-22-13-25(35)26(36)14-23(22)17-34)32(42)37-19-30-38-27(20-47-30)21-7-8-28(45-6)29(15-21)48(43,44)40-11-9-24(10-12-40)39(4)5/h7-8,13-15,20,24H,9-12,16-19H2,1-6H3,(H,37,42). The van der Waals surface area contributed by atoms with Gasteiger partial charge in [0.15, 0.2) is 11.6 Å². The van der Waals surface area contributed by atoms with Crippen LogP contribution in [-0.2, 0) is 43.7 Å². The van der Waals surface area contributed by atoms with Crippen LogP contribution < -0.4 is 10.1 Å². The molecule has 2 aliphatic rings. The van der Waals surface area contributed by atoms with E-state index in [0.29, 0.717) is 46.5 Å². The SMILES string of the molecule is COc1ccc(-c2csc(CNC(=O)C3(CC(=O)OC(C)(C)C)Cc4cc(F)c(F)cc4C3)n2)cc1S(=O)(=O)N1CCC(N(C)C)CC1. The molecule has 2 aromatic carbocycles. The lowest BCUT2D eigenvalue weighted by Crippen LogP contribution is -2.44. The predicted octanol–water partition coefficient (Wildman–Crippen LogP) is 4.94. The van der Waals surface area contributed by atoms with Crippen molar-refractivity contribution in [3.8, 4) is 17.0 Å². The number of sulfonamides is 1. The van der Waals surface area contributed by atoms with Gasteiger partial charge in [-0.15, -0.1) is 11.3 Å². The number of methoxy groups -OCH3 is 1. The molecule has 0 atom stereocenters. The summed E-state index contributed by atoms with van der Waals surface area (Å²) in [4.78, 5) is 33.5. The van der Waals surface area contributed by atoms with E-state index in [0.717, 1.165) is 25.0 Å². The van der Waals surface area contributed by atoms with Crippen molar-refractivity contribution < 1.29 is 36.3 Å². The quantitative estimate of drug-likeness (QED) is 0.295. The van der Waals surface area contributed by atoms with Crippen molar-refractivity contribution in [3.05, 3.63) is 63.5 Å². The average molecular weight is 705 g/mol. The minimum absolute atomic E-state index is 0.0285. The smallest absolute Gasteiger partial charge is 0.307 e. The molecule has 1 amide bonds. The monoisotopic (exact) mass is 704 g/mol. The fraction of sp³-hybridized carbons (Fsp3) is 0.500. The predicted molar refractivity (Wildman–Crippen MR) is 178 cm³/mol. The lowest BCUT2D eigenvalue weighted by Gasteiger charge is -2.34. The summed E-state index contributed by atoms with van der Waals surface area (Å²) in [6, 6.07) is 7.39. The maximum Gasteiger partial charge on any atom is 0.307 e. The molecule has 0 saturated carbocycles. The molecular formula is C34H42F2N4O6S2. The van der Waals surface area contributed by atoms with Crippen molar-refractivity contribution in [1.29, 1.82) is 0 Å². The van der Waals surface area contributed by atoms with Gasteiger partial charge in [0.2, 0.25) is 15.9 Å². The van der Waals surface area contributed by atoms with Crippen molar-refractivity contribution in [3.63, 3.8) is 0 Å². The number of carbonyl (C=O) groups is 2. The van der Waals surface area contributed by atoms with Gasteiger partial charge in [-0.05, 0) is 102 Å². The molecule has 1 aliphatic heterocycles. The Morgan fingerprint density at radius 3 is 2.27 bits per heavy atom. The van der Waals surface area contributed by atoms with E-state index in [-0.39, 0.29) is 36.5 Å². The molecule has 260 valence electrons. The fourth-order valence-corrected chi connectivity index (χ4v) is 8.81. The largest absolute Gasteiger partial charge is 0.495 e. The number of amides is 1. The first-order chi connectivity index (χ1) is 22.5. The molecular weight excluding hydrogens is 663 g/mol. The molecule has 0 radical (unpaired) electrons. The summed E-state index contributed by atoms with van der Waals surface area (Å²) in [5.74, 6) is -2.83. The van der Waals surface area contributed by atoms with Gasteiger partial charge >= 0.3 is 5.97 Å². The normalized spacial score (nSPS) is 16.9. The number of aromatic nitrogens is 1. The van der Waals surface area contributed by atoms with Crippen LogP contribution in [0, 0.1) is 17.0 Å². The molecule has 1 fully saturated rings. The summed E-state index contributed by atoms with van der Waals surface area (Å²) < 4.78 is 68.0. The zero-order valence-electron chi connectivity index (χ0n) is 28.1. The summed E-state index contributed by atoms with van der Waals surface area (Å²) in [7, 11) is 1.58. The van der Waals surface area contributed by atoms with Crippen LogP contribution >= 0.6 is 11.3 Å². The van der Waals surface area contributed by atoms with Gasteiger partial charge in [0, 0.05) is 30.1 Å². The van der Waals surface area contributed by atoms with Crippen molar-refractivity contribution in [1.82, 2.24) is 19.5 Å². The minimum atomic E-state index is -3.84. The minimum Gasteiger partial charge on any atom is -0.495 e. The van der Waals surface area contributed by atoms with Gasteiger partial charge < -0.3 is 19.7 Å². The number of hydrogen-bond acceptors (Lipinski definition) is 9. The molecule has 0 bridgehead atoms. The van der Waals surface area contributed by atoms with Crippen molar-refractivity contribution in [2.24, 2.45) is 5.41 Å². The third-order valence-corrected chi connectivity index (χ3v) is 11.6. The van der Waals surface area contributed by atoms with E-state index >= 15 is 0 Å². The Morgan fingerprint density at radius 1 is 1.08 bits per heavy atom. The fourth-order valence-electron chi connectivity index (χ4n) is 6.41. The topological polar surface area (TPSA) is 118 Å². The van der Waals surface area contributed by atoms with Gasteiger partial charge in [-0.1, -0.05) is 0 Å². The lowest BCUT2D eigenvalue weighted by atomic mass is 9.80. The summed E-state index contributed by atoms with van der Waals surface area (Å²) in [6.45, 7) is 6.01. The lowest BCUT2D eigenvalue weighted by molar-refractivity contribution is -0.160. The van der Waals surface area contributed by atoms with Crippen LogP contribution in [0.4, 0.5) is 8.78 Å². The van der Waals surface area contributed by atoms with Crippen LogP contribution in [0.15, 0.2) is 40.6 Å². The second kappa shape index (κ2) is 13.8. The molecule has 0 unspecified atom stereocenters. The first-order valence-electron chi connectivity index (χ1n) is 15.8. The Balaban J connectivity index is 1.33. The highest BCUT2D eigenvalue weighted by atomic mass is 32.2. The van der Waals surface area contributed by atoms with E-state index in [1.807, 2.05) is 14.1 Å². The van der Waals surface area contributed by atoms with E-state index in [1.54, 1.807) is 44.4 Å². The molecule has 3 aromatic rings. The second-order valence-electron chi connectivity index (χ2n) is 13.7. The van der Waals surface area contributed by atoms with Gasteiger partial charge in [0.1, 0.15) is 21.3 Å². The molecule has 1 aliphatic carbocycles. The molecule has 2 heterocycles. The number of ether oxygens (including phenoxy) is 2. The van der Waals surface area contributed by atoms with Crippen LogP contribution in [0.25, 0.3) is 11.3 Å². The van der Waals surface area contributed by atoms with Crippen LogP contribution in [0.3, 0.4) is 0 Å². The number of fused-ring (bicyclic) bond motifs is 1. The van der Waals surface area contributed by atoms with Crippen molar-refractivity contribution in [2.45, 2.75) is 76.0 Å². The van der Waals surface area contributed by atoms with Gasteiger partial charge in [-0.2, -0.15) is 4.31 Å². The Labute approximate surface area is 284 Å². The molecule has 48 heavy (non-hydrogen) atoms. The molecule has 0 spiro atoms. The van der Waals surface area contributed by atoms with E-state index in [4.69, 9.17) is 9.47 Å². The summed E-state index contributed by atoms with van der Waals surface area (Å²) >= 11 is 1.28. The number of nitrogens with one attached hydrogen (secondary N) is 1. The first-order valence-corrected chi connectivity index (χ1v) is 18.1. The average Bonchev–Trinajstić information content (AvgIpc) is 3.63. The number of halogens is 2. The number of rotatable bonds is 10. The highest BCUT2D eigenvalue weighted by Crippen LogP contribution is 2.42. The Bertz CT molecular complexity index is 1770. The molecule has 5 rings (SSSR count). The third-order valence-electron chi connectivity index (χ3n) is 8.87. The second-order valence-corrected chi connectivity index (χ2v) is 16.6. The highest BCUT2D eigenvalue weighted by molar-refractivity contribution is 7.89. The Hall–Kier alpha value is -3.46. The van der Waals surface area contributed by atoms with Gasteiger partial charge in [-0.25, -0.2) is 22.2 Å². The van der Waals surface area contributed by atoms with E-state index in [1.165, 1.54) is 22.8 Å². The Kier molecular flexibility index (Phi) is 10.3. The van der Waals surface area contributed by atoms with Crippen LogP contribution in [0.1, 0.15) is 56.2 Å². The maximum atomic E-state index is 14.1. The molecule has 1 N–H and O–H groups in total. The first kappa shape index (κ1) is 35.8. The molecule has 14 heteroatoms. The number of benzene rings is 2. The number of nitrogens with zero attached hydrogens (tertiary/aromatic N) is 3. The molecule has 1 saturated heterocycles. The molecule has 10 nitrogen and oxygen atoms in total. The summed E-state index contributed by atoms with van der Waals surface area (Å²) in [5.41, 5.74) is -0.0433. The van der Waals surface area contributed by atoms with Gasteiger partial charge in [0.05, 0.1) is 31.2 Å². The summed E-state index contributed by atoms with van der Waals surface area (Å²) in [6.07, 6.45) is 1.28. The maximum absolute atomic E-state index is 14.1. The van der Waals surface area contributed by atoms with Gasteiger partial charge in [0.25, 0.3) is 0 Å². The van der Waals surface area contributed by atoms with Crippen LogP contribution in [0.2, 0.25) is 0 Å². The van der Waals surface area contributed by atoms with Crippen molar-refractivity contribution >= 4 is 33.2 Å². The van der Waals surface area contributed by atoms with Crippen LogP contribution in [-0.4, -0.2) is 80.4 Å². The number of esters is 1. The highest BCUT2D eigenvalue weighted by Gasteiger charge is 2.47. The zero-order chi connectivity index (χ0) is 35.0.